The Bertz CT molecular complexity index is 585. The zero-order valence-corrected chi connectivity index (χ0v) is 12.3. The van der Waals surface area contributed by atoms with Crippen molar-refractivity contribution >= 4 is 17.3 Å². The van der Waals surface area contributed by atoms with Crippen molar-refractivity contribution in [3.63, 3.8) is 0 Å². The highest BCUT2D eigenvalue weighted by molar-refractivity contribution is 6.32. The molecule has 104 valence electrons. The predicted molar refractivity (Wildman–Crippen MR) is 83.9 cm³/mol. The summed E-state index contributed by atoms with van der Waals surface area (Å²) in [6, 6.07) is 14.3. The molecule has 0 spiro atoms. The van der Waals surface area contributed by atoms with Crippen LogP contribution >= 0.6 is 11.6 Å². The number of hydrogen-bond acceptors (Lipinski definition) is 2. The van der Waals surface area contributed by atoms with Gasteiger partial charge < -0.3 is 10.1 Å². The smallest absolute Gasteiger partial charge is 0.138 e. The second-order valence-electron chi connectivity index (χ2n) is 5.25. The SMILES string of the molecule is Cc1ccc(Cl)c(OC2CCc3ccccc3NC2)c1. The lowest BCUT2D eigenvalue weighted by molar-refractivity contribution is 0.206. The molecule has 2 aromatic rings. The Labute approximate surface area is 124 Å². The number of anilines is 1. The van der Waals surface area contributed by atoms with E-state index in [1.165, 1.54) is 11.3 Å². The summed E-state index contributed by atoms with van der Waals surface area (Å²) < 4.78 is 6.08. The van der Waals surface area contributed by atoms with Gasteiger partial charge in [0.1, 0.15) is 11.9 Å². The van der Waals surface area contributed by atoms with Crippen LogP contribution in [0, 0.1) is 6.92 Å². The number of hydrogen-bond donors (Lipinski definition) is 1. The van der Waals surface area contributed by atoms with E-state index in [0.717, 1.165) is 30.7 Å². The molecule has 0 radical (unpaired) electrons. The van der Waals surface area contributed by atoms with E-state index in [-0.39, 0.29) is 6.10 Å². The lowest BCUT2D eigenvalue weighted by Gasteiger charge is -2.18. The van der Waals surface area contributed by atoms with Gasteiger partial charge in [0.05, 0.1) is 11.6 Å². The van der Waals surface area contributed by atoms with E-state index in [4.69, 9.17) is 16.3 Å². The second kappa shape index (κ2) is 5.76. The summed E-state index contributed by atoms with van der Waals surface area (Å²) in [5.74, 6) is 0.782. The number of nitrogens with one attached hydrogen (secondary N) is 1. The minimum Gasteiger partial charge on any atom is -0.487 e. The van der Waals surface area contributed by atoms with Gasteiger partial charge in [0.25, 0.3) is 0 Å². The Balaban J connectivity index is 1.73. The first-order chi connectivity index (χ1) is 9.72. The molecule has 1 unspecified atom stereocenters. The highest BCUT2D eigenvalue weighted by atomic mass is 35.5. The van der Waals surface area contributed by atoms with E-state index in [0.29, 0.717) is 5.02 Å². The maximum absolute atomic E-state index is 6.20. The molecule has 3 heteroatoms. The lowest BCUT2D eigenvalue weighted by atomic mass is 10.1. The fourth-order valence-corrected chi connectivity index (χ4v) is 2.70. The topological polar surface area (TPSA) is 21.3 Å². The van der Waals surface area contributed by atoms with Crippen LogP contribution in [0.2, 0.25) is 5.02 Å². The van der Waals surface area contributed by atoms with Crippen LogP contribution in [0.25, 0.3) is 0 Å². The number of para-hydroxylation sites is 1. The number of fused-ring (bicyclic) bond motifs is 1. The van der Waals surface area contributed by atoms with Crippen molar-refractivity contribution < 1.29 is 4.74 Å². The Kier molecular flexibility index (Phi) is 3.83. The third-order valence-electron chi connectivity index (χ3n) is 3.65. The fourth-order valence-electron chi connectivity index (χ4n) is 2.53. The molecule has 0 bridgehead atoms. The van der Waals surface area contributed by atoms with Gasteiger partial charge in [-0.1, -0.05) is 35.9 Å². The molecule has 20 heavy (non-hydrogen) atoms. The molecular formula is C17H18ClNO. The number of ether oxygens (including phenoxy) is 1. The van der Waals surface area contributed by atoms with E-state index in [9.17, 15) is 0 Å². The van der Waals surface area contributed by atoms with Gasteiger partial charge in [0.15, 0.2) is 0 Å². The van der Waals surface area contributed by atoms with Crippen LogP contribution < -0.4 is 10.1 Å². The molecule has 1 aliphatic rings. The molecule has 0 aliphatic carbocycles. The van der Waals surface area contributed by atoms with Gasteiger partial charge in [-0.3, -0.25) is 0 Å². The number of benzene rings is 2. The van der Waals surface area contributed by atoms with E-state index < -0.39 is 0 Å². The zero-order valence-electron chi connectivity index (χ0n) is 11.5. The van der Waals surface area contributed by atoms with Gasteiger partial charge in [0, 0.05) is 5.69 Å². The highest BCUT2D eigenvalue weighted by Crippen LogP contribution is 2.28. The molecular weight excluding hydrogens is 270 g/mol. The molecule has 0 aromatic heterocycles. The number of rotatable bonds is 2. The van der Waals surface area contributed by atoms with Gasteiger partial charge in [-0.2, -0.15) is 0 Å². The van der Waals surface area contributed by atoms with Crippen LogP contribution in [-0.2, 0) is 6.42 Å². The molecule has 0 fully saturated rings. The largest absolute Gasteiger partial charge is 0.487 e. The van der Waals surface area contributed by atoms with Crippen LogP contribution in [-0.4, -0.2) is 12.6 Å². The predicted octanol–water partition coefficient (Wildman–Crippen LogP) is 4.45. The summed E-state index contributed by atoms with van der Waals surface area (Å²) in [7, 11) is 0. The maximum atomic E-state index is 6.20. The minimum atomic E-state index is 0.140. The quantitative estimate of drug-likeness (QED) is 0.881. The van der Waals surface area contributed by atoms with Crippen LogP contribution in [0.4, 0.5) is 5.69 Å². The molecule has 0 saturated carbocycles. The summed E-state index contributed by atoms with van der Waals surface area (Å²) in [6.07, 6.45) is 2.16. The molecule has 0 saturated heterocycles. The molecule has 0 amide bonds. The molecule has 2 nitrogen and oxygen atoms in total. The molecule has 1 N–H and O–H groups in total. The lowest BCUT2D eigenvalue weighted by Crippen LogP contribution is -2.25. The summed E-state index contributed by atoms with van der Waals surface area (Å²) in [5, 5.41) is 4.14. The molecule has 2 aromatic carbocycles. The first kappa shape index (κ1) is 13.3. The van der Waals surface area contributed by atoms with Crippen LogP contribution in [0.1, 0.15) is 17.5 Å². The van der Waals surface area contributed by atoms with Gasteiger partial charge in [-0.15, -0.1) is 0 Å². The van der Waals surface area contributed by atoms with E-state index in [1.54, 1.807) is 0 Å². The van der Waals surface area contributed by atoms with Gasteiger partial charge in [-0.05, 0) is 49.1 Å². The first-order valence-corrected chi connectivity index (χ1v) is 7.35. The Morgan fingerprint density at radius 2 is 2.05 bits per heavy atom. The summed E-state index contributed by atoms with van der Waals surface area (Å²) in [5.41, 5.74) is 3.73. The van der Waals surface area contributed by atoms with Crippen molar-refractivity contribution in [1.29, 1.82) is 0 Å². The highest BCUT2D eigenvalue weighted by Gasteiger charge is 2.17. The van der Waals surface area contributed by atoms with Gasteiger partial charge in [0.2, 0.25) is 0 Å². The van der Waals surface area contributed by atoms with Crippen molar-refractivity contribution in [2.75, 3.05) is 11.9 Å². The monoisotopic (exact) mass is 287 g/mol. The second-order valence-corrected chi connectivity index (χ2v) is 5.66. The summed E-state index contributed by atoms with van der Waals surface area (Å²) in [6.45, 7) is 2.85. The average molecular weight is 288 g/mol. The van der Waals surface area contributed by atoms with Crippen molar-refractivity contribution in [2.45, 2.75) is 25.9 Å². The molecule has 1 atom stereocenters. The normalized spacial score (nSPS) is 17.8. The summed E-state index contributed by atoms with van der Waals surface area (Å²) >= 11 is 6.20. The molecule has 1 heterocycles. The molecule has 3 rings (SSSR count). The van der Waals surface area contributed by atoms with E-state index in [2.05, 4.69) is 29.6 Å². The first-order valence-electron chi connectivity index (χ1n) is 6.97. The Morgan fingerprint density at radius 3 is 2.95 bits per heavy atom. The average Bonchev–Trinajstić information content (AvgIpc) is 2.66. The van der Waals surface area contributed by atoms with Crippen LogP contribution in [0.5, 0.6) is 5.75 Å². The van der Waals surface area contributed by atoms with Gasteiger partial charge >= 0.3 is 0 Å². The third kappa shape index (κ3) is 2.91. The fraction of sp³-hybridized carbons (Fsp3) is 0.294. The zero-order chi connectivity index (χ0) is 13.9. The number of halogens is 1. The standard InChI is InChI=1S/C17H18ClNO/c1-12-6-9-15(18)17(10-12)20-14-8-7-13-4-2-3-5-16(13)19-11-14/h2-6,9-10,14,19H,7-8,11H2,1H3. The Morgan fingerprint density at radius 1 is 1.20 bits per heavy atom. The van der Waals surface area contributed by atoms with Crippen molar-refractivity contribution in [3.8, 4) is 5.75 Å². The molecule has 1 aliphatic heterocycles. The van der Waals surface area contributed by atoms with E-state index in [1.807, 2.05) is 25.1 Å². The third-order valence-corrected chi connectivity index (χ3v) is 3.97. The number of aryl methyl sites for hydroxylation is 2. The van der Waals surface area contributed by atoms with Crippen LogP contribution in [0.15, 0.2) is 42.5 Å². The van der Waals surface area contributed by atoms with Crippen molar-refractivity contribution in [3.05, 3.63) is 58.6 Å². The minimum absolute atomic E-state index is 0.140. The van der Waals surface area contributed by atoms with Crippen molar-refractivity contribution in [2.24, 2.45) is 0 Å². The van der Waals surface area contributed by atoms with E-state index >= 15 is 0 Å². The van der Waals surface area contributed by atoms with Crippen molar-refractivity contribution in [1.82, 2.24) is 0 Å². The maximum Gasteiger partial charge on any atom is 0.138 e. The Hall–Kier alpha value is -1.67. The summed E-state index contributed by atoms with van der Waals surface area (Å²) in [4.78, 5) is 0. The van der Waals surface area contributed by atoms with Gasteiger partial charge in [-0.25, -0.2) is 0 Å². The van der Waals surface area contributed by atoms with Crippen LogP contribution in [0.3, 0.4) is 0 Å².